The van der Waals surface area contributed by atoms with Crippen LogP contribution >= 0.6 is 0 Å². The van der Waals surface area contributed by atoms with E-state index in [1.54, 1.807) is 4.57 Å². The van der Waals surface area contributed by atoms with Crippen molar-refractivity contribution in [3.05, 3.63) is 35.5 Å². The molecular weight excluding hydrogens is 202 g/mol. The molecule has 0 atom stereocenters. The molecule has 0 aliphatic rings. The van der Waals surface area contributed by atoms with Gasteiger partial charge in [-0.3, -0.25) is 0 Å². The molecule has 2 aromatic rings. The summed E-state index contributed by atoms with van der Waals surface area (Å²) in [5.41, 5.74) is 2.99. The number of rotatable bonds is 1. The van der Waals surface area contributed by atoms with Crippen molar-refractivity contribution in [1.82, 2.24) is 4.57 Å². The van der Waals surface area contributed by atoms with Crippen LogP contribution in [0, 0.1) is 13.8 Å². The Morgan fingerprint density at radius 1 is 1.31 bits per heavy atom. The molecular formula is C13H15NO2. The Labute approximate surface area is 94.6 Å². The minimum atomic E-state index is -0.302. The Hall–Kier alpha value is -1.77. The first kappa shape index (κ1) is 10.7. The van der Waals surface area contributed by atoms with Gasteiger partial charge in [0.15, 0.2) is 0 Å². The Bertz CT molecular complexity index is 540. The Balaban J connectivity index is 2.68. The van der Waals surface area contributed by atoms with E-state index in [1.165, 1.54) is 0 Å². The molecule has 0 radical (unpaired) electrons. The lowest BCUT2D eigenvalue weighted by molar-refractivity contribution is 0.154. The fourth-order valence-electron chi connectivity index (χ4n) is 1.95. The summed E-state index contributed by atoms with van der Waals surface area (Å²) in [6.45, 7) is 6.16. The highest BCUT2D eigenvalue weighted by atomic mass is 16.5. The predicted molar refractivity (Wildman–Crippen MR) is 63.8 cm³/mol. The van der Waals surface area contributed by atoms with Gasteiger partial charge in [-0.05, 0) is 32.4 Å². The standard InChI is InChI=1S/C13H15NO2/c1-4-16-13(15)14-10(3)9(2)11-7-5-6-8-12(11)14/h5-8H,4H2,1-3H3. The van der Waals surface area contributed by atoms with Crippen molar-refractivity contribution < 1.29 is 9.53 Å². The van der Waals surface area contributed by atoms with Crippen LogP contribution in [0.3, 0.4) is 0 Å². The van der Waals surface area contributed by atoms with E-state index in [9.17, 15) is 4.79 Å². The van der Waals surface area contributed by atoms with Crippen LogP contribution in [0.1, 0.15) is 18.2 Å². The number of ether oxygens (including phenoxy) is 1. The van der Waals surface area contributed by atoms with E-state index in [-0.39, 0.29) is 6.09 Å². The molecule has 84 valence electrons. The van der Waals surface area contributed by atoms with E-state index >= 15 is 0 Å². The molecule has 3 heteroatoms. The van der Waals surface area contributed by atoms with Gasteiger partial charge in [-0.15, -0.1) is 0 Å². The molecule has 2 rings (SSSR count). The maximum Gasteiger partial charge on any atom is 0.418 e. The van der Waals surface area contributed by atoms with Crippen molar-refractivity contribution in [1.29, 1.82) is 0 Å². The Morgan fingerprint density at radius 2 is 2.00 bits per heavy atom. The van der Waals surface area contributed by atoms with E-state index in [4.69, 9.17) is 4.74 Å². The smallest absolute Gasteiger partial charge is 0.418 e. The zero-order valence-electron chi connectivity index (χ0n) is 9.78. The van der Waals surface area contributed by atoms with Gasteiger partial charge in [0.25, 0.3) is 0 Å². The molecule has 0 unspecified atom stereocenters. The van der Waals surface area contributed by atoms with Crippen molar-refractivity contribution in [2.24, 2.45) is 0 Å². The number of benzene rings is 1. The summed E-state index contributed by atoms with van der Waals surface area (Å²) in [5.74, 6) is 0. The number of aryl methyl sites for hydroxylation is 1. The van der Waals surface area contributed by atoms with Crippen molar-refractivity contribution >= 4 is 17.0 Å². The van der Waals surface area contributed by atoms with E-state index in [2.05, 4.69) is 0 Å². The third-order valence-electron chi connectivity index (χ3n) is 2.88. The number of carbonyl (C=O) groups is 1. The average molecular weight is 217 g/mol. The lowest BCUT2D eigenvalue weighted by Gasteiger charge is -2.06. The average Bonchev–Trinajstić information content (AvgIpc) is 2.53. The van der Waals surface area contributed by atoms with Crippen LogP contribution in [-0.2, 0) is 4.74 Å². The van der Waals surface area contributed by atoms with Gasteiger partial charge in [0.05, 0.1) is 12.1 Å². The highest BCUT2D eigenvalue weighted by molar-refractivity contribution is 5.93. The topological polar surface area (TPSA) is 31.2 Å². The first-order chi connectivity index (χ1) is 7.66. The maximum absolute atomic E-state index is 11.8. The van der Waals surface area contributed by atoms with Crippen molar-refractivity contribution in [2.75, 3.05) is 6.61 Å². The van der Waals surface area contributed by atoms with Crippen LogP contribution in [-0.4, -0.2) is 17.3 Å². The van der Waals surface area contributed by atoms with Crippen LogP contribution in [0.15, 0.2) is 24.3 Å². The van der Waals surface area contributed by atoms with Crippen LogP contribution in [0.4, 0.5) is 4.79 Å². The largest absolute Gasteiger partial charge is 0.449 e. The second-order valence-electron chi connectivity index (χ2n) is 3.76. The maximum atomic E-state index is 11.8. The van der Waals surface area contributed by atoms with Crippen LogP contribution in [0.5, 0.6) is 0 Å². The number of hydrogen-bond acceptors (Lipinski definition) is 2. The zero-order chi connectivity index (χ0) is 11.7. The Kier molecular flexibility index (Phi) is 2.69. The predicted octanol–water partition coefficient (Wildman–Crippen LogP) is 3.26. The molecule has 0 amide bonds. The van der Waals surface area contributed by atoms with E-state index in [1.807, 2.05) is 45.0 Å². The first-order valence-electron chi connectivity index (χ1n) is 5.40. The van der Waals surface area contributed by atoms with E-state index in [0.29, 0.717) is 6.61 Å². The third-order valence-corrected chi connectivity index (χ3v) is 2.88. The first-order valence-corrected chi connectivity index (χ1v) is 5.40. The molecule has 3 nitrogen and oxygen atoms in total. The minimum Gasteiger partial charge on any atom is -0.449 e. The summed E-state index contributed by atoms with van der Waals surface area (Å²) in [4.78, 5) is 11.8. The SMILES string of the molecule is CCOC(=O)n1c(C)c(C)c2ccccc21. The summed E-state index contributed by atoms with van der Waals surface area (Å²) < 4.78 is 6.69. The molecule has 0 saturated heterocycles. The molecule has 0 aliphatic carbocycles. The van der Waals surface area contributed by atoms with Gasteiger partial charge in [-0.2, -0.15) is 0 Å². The summed E-state index contributed by atoms with van der Waals surface area (Å²) in [5, 5.41) is 1.10. The molecule has 0 saturated carbocycles. The number of carbonyl (C=O) groups excluding carboxylic acids is 1. The number of fused-ring (bicyclic) bond motifs is 1. The van der Waals surface area contributed by atoms with Crippen LogP contribution < -0.4 is 0 Å². The monoisotopic (exact) mass is 217 g/mol. The molecule has 0 spiro atoms. The van der Waals surface area contributed by atoms with E-state index in [0.717, 1.165) is 22.2 Å². The van der Waals surface area contributed by atoms with Crippen molar-refractivity contribution in [3.63, 3.8) is 0 Å². The minimum absolute atomic E-state index is 0.302. The van der Waals surface area contributed by atoms with E-state index < -0.39 is 0 Å². The lowest BCUT2D eigenvalue weighted by Crippen LogP contribution is -2.14. The second-order valence-corrected chi connectivity index (χ2v) is 3.76. The number of nitrogens with zero attached hydrogens (tertiary/aromatic N) is 1. The lowest BCUT2D eigenvalue weighted by atomic mass is 10.2. The van der Waals surface area contributed by atoms with Gasteiger partial charge in [-0.1, -0.05) is 18.2 Å². The molecule has 0 aliphatic heterocycles. The summed E-state index contributed by atoms with van der Waals surface area (Å²) in [6.07, 6.45) is -0.302. The van der Waals surface area contributed by atoms with Crippen molar-refractivity contribution in [3.8, 4) is 0 Å². The van der Waals surface area contributed by atoms with Gasteiger partial charge in [0.2, 0.25) is 0 Å². The van der Waals surface area contributed by atoms with Crippen molar-refractivity contribution in [2.45, 2.75) is 20.8 Å². The highest BCUT2D eigenvalue weighted by Crippen LogP contribution is 2.24. The summed E-state index contributed by atoms with van der Waals surface area (Å²) in [6, 6.07) is 7.86. The molecule has 0 fully saturated rings. The molecule has 1 aromatic carbocycles. The zero-order valence-corrected chi connectivity index (χ0v) is 9.78. The molecule has 1 aromatic heterocycles. The fourth-order valence-corrected chi connectivity index (χ4v) is 1.95. The normalized spacial score (nSPS) is 10.7. The second kappa shape index (κ2) is 4.00. The van der Waals surface area contributed by atoms with Gasteiger partial charge in [0.1, 0.15) is 0 Å². The molecule has 1 heterocycles. The molecule has 0 bridgehead atoms. The summed E-state index contributed by atoms with van der Waals surface area (Å²) in [7, 11) is 0. The van der Waals surface area contributed by atoms with Crippen LogP contribution in [0.2, 0.25) is 0 Å². The third kappa shape index (κ3) is 1.48. The quantitative estimate of drug-likeness (QED) is 0.734. The highest BCUT2D eigenvalue weighted by Gasteiger charge is 2.16. The van der Waals surface area contributed by atoms with Gasteiger partial charge in [0, 0.05) is 11.1 Å². The van der Waals surface area contributed by atoms with Gasteiger partial charge >= 0.3 is 6.09 Å². The Morgan fingerprint density at radius 3 is 2.69 bits per heavy atom. The number of para-hydroxylation sites is 1. The summed E-state index contributed by atoms with van der Waals surface area (Å²) >= 11 is 0. The number of hydrogen-bond donors (Lipinski definition) is 0. The molecule has 16 heavy (non-hydrogen) atoms. The number of aromatic nitrogens is 1. The fraction of sp³-hybridized carbons (Fsp3) is 0.308. The van der Waals surface area contributed by atoms with Gasteiger partial charge in [-0.25, -0.2) is 9.36 Å². The van der Waals surface area contributed by atoms with Crippen LogP contribution in [0.25, 0.3) is 10.9 Å². The van der Waals surface area contributed by atoms with Gasteiger partial charge < -0.3 is 4.74 Å². The molecule has 0 N–H and O–H groups in total.